The number of hydrazone groups is 1. The molecule has 2 aliphatic rings. The summed E-state index contributed by atoms with van der Waals surface area (Å²) in [5.41, 5.74) is 5.00. The lowest BCUT2D eigenvalue weighted by Crippen LogP contribution is -2.37. The minimum Gasteiger partial charge on any atom is -0.497 e. The highest BCUT2D eigenvalue weighted by Crippen LogP contribution is 2.43. The molecule has 0 amide bonds. The maximum atomic E-state index is 5.54. The largest absolute Gasteiger partial charge is 0.497 e. The second-order valence-electron chi connectivity index (χ2n) is 6.41. The second kappa shape index (κ2) is 6.48. The van der Waals surface area contributed by atoms with Gasteiger partial charge in [-0.25, -0.2) is 5.01 Å². The third-order valence-electron chi connectivity index (χ3n) is 5.11. The molecule has 0 unspecified atom stereocenters. The van der Waals surface area contributed by atoms with Gasteiger partial charge in [-0.15, -0.1) is 0 Å². The minimum absolute atomic E-state index is 0.120. The van der Waals surface area contributed by atoms with Gasteiger partial charge in [0.1, 0.15) is 5.75 Å². The molecule has 2 aromatic carbocycles. The highest BCUT2D eigenvalue weighted by molar-refractivity contribution is 7.80. The first-order chi connectivity index (χ1) is 12.2. The molecule has 2 atom stereocenters. The van der Waals surface area contributed by atoms with Crippen LogP contribution in [0, 0.1) is 5.92 Å². The average Bonchev–Trinajstić information content (AvgIpc) is 3.07. The van der Waals surface area contributed by atoms with Crippen molar-refractivity contribution >= 4 is 23.0 Å². The molecule has 1 aliphatic carbocycles. The molecule has 0 saturated carbocycles. The van der Waals surface area contributed by atoms with Crippen LogP contribution >= 0.6 is 12.2 Å². The zero-order chi connectivity index (χ0) is 17.4. The molecule has 2 aromatic rings. The third kappa shape index (κ3) is 2.68. The molecule has 0 fully saturated rings. The van der Waals surface area contributed by atoms with Gasteiger partial charge in [0, 0.05) is 18.5 Å². The van der Waals surface area contributed by atoms with E-state index in [1.807, 2.05) is 24.2 Å². The third-order valence-corrected chi connectivity index (χ3v) is 5.50. The Morgan fingerprint density at radius 2 is 1.96 bits per heavy atom. The molecule has 128 valence electrons. The number of fused-ring (bicyclic) bond motifs is 3. The maximum Gasteiger partial charge on any atom is 0.189 e. The summed E-state index contributed by atoms with van der Waals surface area (Å²) < 4.78 is 5.30. The molecule has 4 nitrogen and oxygen atoms in total. The summed E-state index contributed by atoms with van der Waals surface area (Å²) in [4.78, 5) is 0. The van der Waals surface area contributed by atoms with E-state index in [1.54, 1.807) is 7.11 Å². The first-order valence-electron chi connectivity index (χ1n) is 8.54. The fraction of sp³-hybridized carbons (Fsp3) is 0.300. The molecule has 1 aliphatic heterocycles. The number of ether oxygens (including phenoxy) is 1. The van der Waals surface area contributed by atoms with E-state index >= 15 is 0 Å². The van der Waals surface area contributed by atoms with Crippen LogP contribution in [0.3, 0.4) is 0 Å². The molecule has 25 heavy (non-hydrogen) atoms. The van der Waals surface area contributed by atoms with Crippen LogP contribution in [-0.2, 0) is 6.42 Å². The van der Waals surface area contributed by atoms with E-state index in [-0.39, 0.29) is 6.04 Å². The fourth-order valence-electron chi connectivity index (χ4n) is 3.88. The molecular weight excluding hydrogens is 330 g/mol. The summed E-state index contributed by atoms with van der Waals surface area (Å²) in [7, 11) is 3.54. The van der Waals surface area contributed by atoms with E-state index in [9.17, 15) is 0 Å². The number of thiocarbonyl (C=S) groups is 1. The van der Waals surface area contributed by atoms with Crippen LogP contribution in [-0.4, -0.2) is 30.0 Å². The summed E-state index contributed by atoms with van der Waals surface area (Å²) in [6.45, 7) is 0. The van der Waals surface area contributed by atoms with Crippen molar-refractivity contribution in [2.24, 2.45) is 11.0 Å². The van der Waals surface area contributed by atoms with Gasteiger partial charge in [0.05, 0.1) is 18.9 Å². The van der Waals surface area contributed by atoms with E-state index in [1.165, 1.54) is 16.7 Å². The van der Waals surface area contributed by atoms with E-state index in [0.29, 0.717) is 11.0 Å². The first kappa shape index (κ1) is 16.1. The quantitative estimate of drug-likeness (QED) is 0.840. The first-order valence-corrected chi connectivity index (χ1v) is 8.95. The van der Waals surface area contributed by atoms with Gasteiger partial charge in [0.25, 0.3) is 0 Å². The predicted octanol–water partition coefficient (Wildman–Crippen LogP) is 3.52. The molecule has 4 rings (SSSR count). The van der Waals surface area contributed by atoms with Gasteiger partial charge in [-0.2, -0.15) is 5.10 Å². The summed E-state index contributed by atoms with van der Waals surface area (Å²) >= 11 is 5.54. The SMILES string of the molecule is CNC(=S)N1N=C2c3ccccc3CC[C@H]2[C@@H]1c1ccc(OC)cc1. The van der Waals surface area contributed by atoms with Crippen molar-refractivity contribution in [2.45, 2.75) is 18.9 Å². The number of methoxy groups -OCH3 is 1. The van der Waals surface area contributed by atoms with Crippen LogP contribution in [0.1, 0.15) is 29.2 Å². The Kier molecular flexibility index (Phi) is 4.17. The zero-order valence-corrected chi connectivity index (χ0v) is 15.2. The normalized spacial score (nSPS) is 21.2. The van der Waals surface area contributed by atoms with Crippen LogP contribution in [0.2, 0.25) is 0 Å². The number of benzene rings is 2. The van der Waals surface area contributed by atoms with Crippen molar-refractivity contribution in [3.8, 4) is 5.75 Å². The topological polar surface area (TPSA) is 36.9 Å². The van der Waals surface area contributed by atoms with Crippen LogP contribution in [0.4, 0.5) is 0 Å². The Morgan fingerprint density at radius 1 is 1.20 bits per heavy atom. The van der Waals surface area contributed by atoms with Gasteiger partial charge in [-0.3, -0.25) is 0 Å². The van der Waals surface area contributed by atoms with Crippen molar-refractivity contribution in [1.29, 1.82) is 0 Å². The highest BCUT2D eigenvalue weighted by atomic mass is 32.1. The van der Waals surface area contributed by atoms with E-state index in [2.05, 4.69) is 41.7 Å². The standard InChI is InChI=1S/C20H21N3OS/c1-21-20(25)23-19(14-7-10-15(24-2)11-8-14)17-12-9-13-5-3-4-6-16(13)18(17)22-23/h3-8,10-11,17,19H,9,12H2,1-2H3,(H,21,25)/t17-,19+/m1/s1. The molecule has 1 heterocycles. The minimum atomic E-state index is 0.120. The lowest BCUT2D eigenvalue weighted by atomic mass is 9.77. The maximum absolute atomic E-state index is 5.54. The Labute approximate surface area is 153 Å². The molecule has 0 spiro atoms. The van der Waals surface area contributed by atoms with Crippen molar-refractivity contribution in [3.05, 3.63) is 65.2 Å². The van der Waals surface area contributed by atoms with Crippen molar-refractivity contribution < 1.29 is 4.74 Å². The summed E-state index contributed by atoms with van der Waals surface area (Å²) in [6, 6.07) is 16.9. The summed E-state index contributed by atoms with van der Waals surface area (Å²) in [5.74, 6) is 1.20. The molecule has 1 N–H and O–H groups in total. The van der Waals surface area contributed by atoms with Gasteiger partial charge in [0.2, 0.25) is 0 Å². The molecule has 0 bridgehead atoms. The Hall–Kier alpha value is -2.40. The Morgan fingerprint density at radius 3 is 2.68 bits per heavy atom. The number of nitrogens with zero attached hydrogens (tertiary/aromatic N) is 2. The lowest BCUT2D eigenvalue weighted by molar-refractivity contribution is 0.305. The van der Waals surface area contributed by atoms with Crippen LogP contribution in [0.5, 0.6) is 5.75 Å². The van der Waals surface area contributed by atoms with Crippen LogP contribution < -0.4 is 10.1 Å². The smallest absolute Gasteiger partial charge is 0.189 e. The summed E-state index contributed by atoms with van der Waals surface area (Å²) in [6.07, 6.45) is 2.15. The predicted molar refractivity (Wildman–Crippen MR) is 104 cm³/mol. The van der Waals surface area contributed by atoms with Gasteiger partial charge < -0.3 is 10.1 Å². The molecular formula is C20H21N3OS. The number of aryl methyl sites for hydroxylation is 1. The summed E-state index contributed by atoms with van der Waals surface area (Å²) in [5, 5.41) is 10.7. The molecule has 0 radical (unpaired) electrons. The van der Waals surface area contributed by atoms with Gasteiger partial charge >= 0.3 is 0 Å². The Balaban J connectivity index is 1.77. The van der Waals surface area contributed by atoms with Crippen molar-refractivity contribution in [2.75, 3.05) is 14.2 Å². The highest BCUT2D eigenvalue weighted by Gasteiger charge is 2.42. The van der Waals surface area contributed by atoms with Crippen LogP contribution in [0.15, 0.2) is 53.6 Å². The van der Waals surface area contributed by atoms with Crippen molar-refractivity contribution in [3.63, 3.8) is 0 Å². The molecule has 5 heteroatoms. The average molecular weight is 351 g/mol. The van der Waals surface area contributed by atoms with E-state index in [0.717, 1.165) is 24.3 Å². The number of nitrogens with one attached hydrogen (secondary N) is 1. The van der Waals surface area contributed by atoms with Crippen LogP contribution in [0.25, 0.3) is 0 Å². The van der Waals surface area contributed by atoms with Gasteiger partial charge in [-0.1, -0.05) is 36.4 Å². The second-order valence-corrected chi connectivity index (χ2v) is 6.79. The monoisotopic (exact) mass is 351 g/mol. The number of rotatable bonds is 2. The van der Waals surface area contributed by atoms with Crippen molar-refractivity contribution in [1.82, 2.24) is 10.3 Å². The molecule has 0 aromatic heterocycles. The number of hydrogen-bond donors (Lipinski definition) is 1. The van der Waals surface area contributed by atoms with E-state index in [4.69, 9.17) is 22.1 Å². The lowest BCUT2D eigenvalue weighted by Gasteiger charge is -2.30. The van der Waals surface area contributed by atoms with Gasteiger partial charge in [-0.05, 0) is 48.3 Å². The zero-order valence-electron chi connectivity index (χ0n) is 14.4. The molecule has 0 saturated heterocycles. The Bertz CT molecular complexity index is 831. The number of hydrogen-bond acceptors (Lipinski definition) is 3. The van der Waals surface area contributed by atoms with E-state index < -0.39 is 0 Å². The fourth-order valence-corrected chi connectivity index (χ4v) is 4.04. The van der Waals surface area contributed by atoms with Gasteiger partial charge in [0.15, 0.2) is 5.11 Å².